The van der Waals surface area contributed by atoms with Gasteiger partial charge in [0, 0.05) is 17.9 Å². The first kappa shape index (κ1) is 17.2. The van der Waals surface area contributed by atoms with Gasteiger partial charge in [0.25, 0.3) is 10.1 Å². The van der Waals surface area contributed by atoms with Crippen LogP contribution in [0.1, 0.15) is 12.8 Å². The summed E-state index contributed by atoms with van der Waals surface area (Å²) in [6.07, 6.45) is -7.38. The van der Waals surface area contributed by atoms with Crippen LogP contribution in [-0.4, -0.2) is 50.1 Å². The average Bonchev–Trinajstić information content (AvgIpc) is 3.05. The van der Waals surface area contributed by atoms with Crippen molar-refractivity contribution >= 4 is 22.1 Å². The Hall–Kier alpha value is -1.62. The molecule has 0 radical (unpaired) electrons. The van der Waals surface area contributed by atoms with Crippen LogP contribution in [0.25, 0.3) is 0 Å². The summed E-state index contributed by atoms with van der Waals surface area (Å²) >= 11 is 0. The third-order valence-corrected chi connectivity index (χ3v) is 6.90. The highest BCUT2D eigenvalue weighted by molar-refractivity contribution is 7.88. The van der Waals surface area contributed by atoms with Gasteiger partial charge < -0.3 is 9.47 Å². The van der Waals surface area contributed by atoms with Crippen LogP contribution in [0.3, 0.4) is 0 Å². The molecule has 2 bridgehead atoms. The summed E-state index contributed by atoms with van der Waals surface area (Å²) in [5, 5.41) is 0. The number of alkyl halides is 3. The van der Waals surface area contributed by atoms with Crippen LogP contribution in [0.15, 0.2) is 12.7 Å². The molecule has 2 aliphatic carbocycles. The third kappa shape index (κ3) is 2.17. The lowest BCUT2D eigenvalue weighted by Crippen LogP contribution is -2.54. The van der Waals surface area contributed by atoms with Crippen molar-refractivity contribution in [2.24, 2.45) is 11.8 Å². The van der Waals surface area contributed by atoms with Crippen molar-refractivity contribution in [3.63, 3.8) is 0 Å². The SMILES string of the molecule is C=CC(=O)OCC(=O)OC1C2CC3C1OS(=O)(=O)C3(C(F)(F)F)C2. The molecule has 2 saturated carbocycles. The van der Waals surface area contributed by atoms with Crippen LogP contribution in [0.4, 0.5) is 13.2 Å². The maximum atomic E-state index is 13.4. The average molecular weight is 370 g/mol. The lowest BCUT2D eigenvalue weighted by atomic mass is 9.83. The van der Waals surface area contributed by atoms with E-state index in [0.717, 1.165) is 6.08 Å². The number of esters is 2. The highest BCUT2D eigenvalue weighted by Crippen LogP contribution is 2.66. The van der Waals surface area contributed by atoms with Gasteiger partial charge in [-0.3, -0.25) is 4.18 Å². The largest absolute Gasteiger partial charge is 0.457 e. The molecule has 3 aliphatic rings. The lowest BCUT2D eigenvalue weighted by Gasteiger charge is -2.33. The molecule has 0 aromatic carbocycles. The molecule has 0 aromatic heterocycles. The van der Waals surface area contributed by atoms with Crippen molar-refractivity contribution in [2.45, 2.75) is 36.0 Å². The Morgan fingerprint density at radius 3 is 2.62 bits per heavy atom. The number of rotatable bonds is 4. The molecule has 134 valence electrons. The van der Waals surface area contributed by atoms with Crippen LogP contribution < -0.4 is 0 Å². The van der Waals surface area contributed by atoms with Crippen molar-refractivity contribution < 1.29 is 44.8 Å². The summed E-state index contributed by atoms with van der Waals surface area (Å²) in [5.74, 6) is -3.94. The van der Waals surface area contributed by atoms with Gasteiger partial charge in [-0.15, -0.1) is 0 Å². The summed E-state index contributed by atoms with van der Waals surface area (Å²) in [6, 6.07) is 0. The van der Waals surface area contributed by atoms with E-state index in [9.17, 15) is 31.2 Å². The van der Waals surface area contributed by atoms with E-state index in [1.165, 1.54) is 0 Å². The van der Waals surface area contributed by atoms with Gasteiger partial charge in [-0.2, -0.15) is 21.6 Å². The fraction of sp³-hybridized carbons (Fsp3) is 0.692. The van der Waals surface area contributed by atoms with E-state index in [-0.39, 0.29) is 6.42 Å². The number of carbonyl (C=O) groups is 2. The number of ether oxygens (including phenoxy) is 2. The zero-order valence-electron chi connectivity index (χ0n) is 12.1. The normalized spacial score (nSPS) is 38.8. The minimum Gasteiger partial charge on any atom is -0.457 e. The molecular weight excluding hydrogens is 357 g/mol. The van der Waals surface area contributed by atoms with E-state index in [1.807, 2.05) is 0 Å². The van der Waals surface area contributed by atoms with E-state index in [0.29, 0.717) is 0 Å². The molecule has 1 aliphatic heterocycles. The second kappa shape index (κ2) is 5.19. The number of hydrogen-bond acceptors (Lipinski definition) is 7. The maximum Gasteiger partial charge on any atom is 0.410 e. The first-order valence-electron chi connectivity index (χ1n) is 7.02. The smallest absolute Gasteiger partial charge is 0.410 e. The van der Waals surface area contributed by atoms with Gasteiger partial charge in [0.2, 0.25) is 0 Å². The molecule has 3 fully saturated rings. The quantitative estimate of drug-likeness (QED) is 0.408. The third-order valence-electron chi connectivity index (χ3n) is 4.84. The van der Waals surface area contributed by atoms with Crippen LogP contribution >= 0.6 is 0 Å². The zero-order valence-corrected chi connectivity index (χ0v) is 12.9. The first-order valence-corrected chi connectivity index (χ1v) is 8.42. The van der Waals surface area contributed by atoms with Crippen LogP contribution in [-0.2, 0) is 33.4 Å². The predicted octanol–water partition coefficient (Wildman–Crippen LogP) is 0.697. The van der Waals surface area contributed by atoms with E-state index >= 15 is 0 Å². The number of fused-ring (bicyclic) bond motifs is 1. The second-order valence-electron chi connectivity index (χ2n) is 5.97. The Morgan fingerprint density at radius 1 is 1.38 bits per heavy atom. The molecule has 5 atom stereocenters. The molecule has 11 heteroatoms. The summed E-state index contributed by atoms with van der Waals surface area (Å²) in [5.41, 5.74) is 0. The van der Waals surface area contributed by atoms with Crippen LogP contribution in [0.2, 0.25) is 0 Å². The number of hydrogen-bond donors (Lipinski definition) is 0. The molecule has 0 aromatic rings. The molecule has 24 heavy (non-hydrogen) atoms. The van der Waals surface area contributed by atoms with E-state index in [1.54, 1.807) is 0 Å². The zero-order chi connectivity index (χ0) is 17.9. The van der Waals surface area contributed by atoms with Crippen molar-refractivity contribution in [1.29, 1.82) is 0 Å². The highest BCUT2D eigenvalue weighted by Gasteiger charge is 2.82. The van der Waals surface area contributed by atoms with Gasteiger partial charge in [-0.25, -0.2) is 9.59 Å². The highest BCUT2D eigenvalue weighted by atomic mass is 32.2. The summed E-state index contributed by atoms with van der Waals surface area (Å²) < 4.78 is 75.4. The summed E-state index contributed by atoms with van der Waals surface area (Å²) in [6.45, 7) is 2.38. The topological polar surface area (TPSA) is 96.0 Å². The van der Waals surface area contributed by atoms with E-state index < -0.39 is 70.1 Å². The first-order chi connectivity index (χ1) is 11.0. The Labute approximate surface area is 134 Å². The molecule has 5 unspecified atom stereocenters. The van der Waals surface area contributed by atoms with Gasteiger partial charge in [0.1, 0.15) is 12.2 Å². The summed E-state index contributed by atoms with van der Waals surface area (Å²) in [7, 11) is -4.86. The van der Waals surface area contributed by atoms with Gasteiger partial charge in [0.05, 0.1) is 0 Å². The minimum atomic E-state index is -4.96. The van der Waals surface area contributed by atoms with E-state index in [2.05, 4.69) is 15.5 Å². The monoisotopic (exact) mass is 370 g/mol. The molecule has 7 nitrogen and oxygen atoms in total. The lowest BCUT2D eigenvalue weighted by molar-refractivity contribution is -0.183. The fourth-order valence-corrected chi connectivity index (χ4v) is 5.95. The second-order valence-corrected chi connectivity index (χ2v) is 7.80. The molecular formula is C13H13F3O7S. The fourth-order valence-electron chi connectivity index (χ4n) is 3.93. The minimum absolute atomic E-state index is 0.0617. The Morgan fingerprint density at radius 2 is 2.04 bits per heavy atom. The molecule has 1 heterocycles. The van der Waals surface area contributed by atoms with Crippen molar-refractivity contribution in [1.82, 2.24) is 0 Å². The van der Waals surface area contributed by atoms with Gasteiger partial charge in [0.15, 0.2) is 11.4 Å². The van der Waals surface area contributed by atoms with Crippen molar-refractivity contribution in [3.05, 3.63) is 12.7 Å². The van der Waals surface area contributed by atoms with E-state index in [4.69, 9.17) is 4.74 Å². The van der Waals surface area contributed by atoms with Crippen LogP contribution in [0, 0.1) is 11.8 Å². The standard InChI is InChI=1S/C13H13F3O7S/c1-2-8(17)21-5-9(18)22-10-6-3-7-11(10)23-24(19,20)12(7,4-6)13(14,15)16/h2,6-7,10-11H,1,3-5H2. The van der Waals surface area contributed by atoms with Crippen LogP contribution in [0.5, 0.6) is 0 Å². The number of carbonyl (C=O) groups excluding carboxylic acids is 2. The van der Waals surface area contributed by atoms with Crippen molar-refractivity contribution in [3.8, 4) is 0 Å². The maximum absolute atomic E-state index is 13.4. The van der Waals surface area contributed by atoms with Gasteiger partial charge in [-0.05, 0) is 12.8 Å². The van der Waals surface area contributed by atoms with Crippen molar-refractivity contribution in [2.75, 3.05) is 6.61 Å². The Bertz CT molecular complexity index is 701. The molecule has 0 spiro atoms. The van der Waals surface area contributed by atoms with Gasteiger partial charge in [-0.1, -0.05) is 6.58 Å². The molecule has 0 N–H and O–H groups in total. The Balaban J connectivity index is 1.76. The summed E-state index contributed by atoms with van der Waals surface area (Å²) in [4.78, 5) is 22.5. The molecule has 1 saturated heterocycles. The number of halogens is 3. The Kier molecular flexibility index (Phi) is 3.72. The predicted molar refractivity (Wildman–Crippen MR) is 69.8 cm³/mol. The molecule has 3 rings (SSSR count). The van der Waals surface area contributed by atoms with Gasteiger partial charge >= 0.3 is 18.1 Å². The molecule has 0 amide bonds.